The quantitative estimate of drug-likeness (QED) is 0.362. The average Bonchev–Trinajstić information content (AvgIpc) is 2.00. The molecule has 0 aliphatic carbocycles. The van der Waals surface area contributed by atoms with E-state index in [1.807, 2.05) is 0 Å². The van der Waals surface area contributed by atoms with Gasteiger partial charge in [-0.3, -0.25) is 0 Å². The molecule has 0 aromatic rings. The van der Waals surface area contributed by atoms with Crippen LogP contribution in [-0.4, -0.2) is 45.1 Å². The Balaban J connectivity index is 3.69. The van der Waals surface area contributed by atoms with E-state index in [9.17, 15) is 0 Å². The van der Waals surface area contributed by atoms with Crippen LogP contribution in [0.15, 0.2) is 0 Å². The van der Waals surface area contributed by atoms with Gasteiger partial charge in [0.2, 0.25) is 0 Å². The molecule has 10 heavy (non-hydrogen) atoms. The van der Waals surface area contributed by atoms with E-state index in [0.717, 1.165) is 0 Å². The summed E-state index contributed by atoms with van der Waals surface area (Å²) in [6.45, 7) is 0. The van der Waals surface area contributed by atoms with Crippen molar-refractivity contribution >= 4 is 25.3 Å². The zero-order valence-corrected chi connectivity index (χ0v) is 7.17. The normalized spacial score (nSPS) is 20.1. The Hall–Kier alpha value is 0.580. The number of rotatable bonds is 4. The van der Waals surface area contributed by atoms with E-state index in [1.54, 1.807) is 0 Å². The highest BCUT2D eigenvalue weighted by molar-refractivity contribution is 7.80. The topological polar surface area (TPSA) is 60.7 Å². The van der Waals surface area contributed by atoms with Gasteiger partial charge in [0.15, 0.2) is 0 Å². The molecule has 2 unspecified atom stereocenters. The molecule has 5 heteroatoms. The van der Waals surface area contributed by atoms with E-state index in [-0.39, 0.29) is 11.5 Å². The van der Waals surface area contributed by atoms with Crippen molar-refractivity contribution in [3.05, 3.63) is 0 Å². The molecule has 0 spiro atoms. The highest BCUT2D eigenvalue weighted by Crippen LogP contribution is 2.02. The van der Waals surface area contributed by atoms with Crippen molar-refractivity contribution < 1.29 is 15.3 Å². The van der Waals surface area contributed by atoms with Gasteiger partial charge in [-0.15, -0.1) is 0 Å². The summed E-state index contributed by atoms with van der Waals surface area (Å²) in [6, 6.07) is 0. The number of thiol groups is 2. The molecule has 0 bridgehead atoms. The second kappa shape index (κ2) is 5.26. The Morgan fingerprint density at radius 1 is 0.900 bits per heavy atom. The lowest BCUT2D eigenvalue weighted by molar-refractivity contribution is -0.0397. The molecule has 62 valence electrons. The molecule has 0 saturated heterocycles. The van der Waals surface area contributed by atoms with Gasteiger partial charge < -0.3 is 15.3 Å². The van der Waals surface area contributed by atoms with Gasteiger partial charge >= 0.3 is 0 Å². The zero-order chi connectivity index (χ0) is 8.15. The molecule has 2 atom stereocenters. The molecular formula is C5H12O3S2. The monoisotopic (exact) mass is 184 g/mol. The SMILES string of the molecule is OC(CS)C(O)C(O)CS. The molecule has 0 aromatic heterocycles. The Morgan fingerprint density at radius 2 is 1.20 bits per heavy atom. The fourth-order valence-corrected chi connectivity index (χ4v) is 0.904. The average molecular weight is 184 g/mol. The van der Waals surface area contributed by atoms with Crippen LogP contribution in [0.5, 0.6) is 0 Å². The van der Waals surface area contributed by atoms with Crippen LogP contribution in [0, 0.1) is 0 Å². The van der Waals surface area contributed by atoms with Crippen molar-refractivity contribution in [2.45, 2.75) is 18.3 Å². The Labute approximate surface area is 70.9 Å². The second-order valence-corrected chi connectivity index (χ2v) is 2.72. The van der Waals surface area contributed by atoms with E-state index in [1.165, 1.54) is 0 Å². The molecule has 0 radical (unpaired) electrons. The standard InChI is InChI=1S/C5H12O3S2/c6-3(1-9)5(8)4(7)2-10/h3-10H,1-2H2. The Morgan fingerprint density at radius 3 is 1.40 bits per heavy atom. The minimum atomic E-state index is -1.14. The molecule has 0 rings (SSSR count). The summed E-state index contributed by atoms with van der Waals surface area (Å²) in [5.74, 6) is 0.262. The molecule has 0 heterocycles. The lowest BCUT2D eigenvalue weighted by atomic mass is 10.1. The molecule has 3 N–H and O–H groups in total. The van der Waals surface area contributed by atoms with Gasteiger partial charge in [0.1, 0.15) is 6.10 Å². The first-order valence-electron chi connectivity index (χ1n) is 2.89. The van der Waals surface area contributed by atoms with Gasteiger partial charge in [-0.1, -0.05) is 0 Å². The van der Waals surface area contributed by atoms with Crippen LogP contribution in [0.2, 0.25) is 0 Å². The fraction of sp³-hybridized carbons (Fsp3) is 1.00. The molecule has 0 saturated carbocycles. The predicted molar refractivity (Wildman–Crippen MR) is 45.7 cm³/mol. The van der Waals surface area contributed by atoms with Crippen LogP contribution in [0.4, 0.5) is 0 Å². The molecule has 0 aromatic carbocycles. The van der Waals surface area contributed by atoms with Gasteiger partial charge in [0.05, 0.1) is 12.2 Å². The summed E-state index contributed by atoms with van der Waals surface area (Å²) in [5, 5.41) is 26.8. The zero-order valence-electron chi connectivity index (χ0n) is 5.38. The van der Waals surface area contributed by atoms with E-state index in [4.69, 9.17) is 15.3 Å². The molecular weight excluding hydrogens is 172 g/mol. The lowest BCUT2D eigenvalue weighted by Gasteiger charge is -2.19. The van der Waals surface area contributed by atoms with Gasteiger partial charge in [-0.05, 0) is 0 Å². The summed E-state index contributed by atoms with van der Waals surface area (Å²) in [5.41, 5.74) is 0. The smallest absolute Gasteiger partial charge is 0.107 e. The van der Waals surface area contributed by atoms with E-state index in [0.29, 0.717) is 0 Å². The molecule has 3 nitrogen and oxygen atoms in total. The molecule has 0 aliphatic heterocycles. The summed E-state index contributed by atoms with van der Waals surface area (Å²) in [7, 11) is 0. The predicted octanol–water partition coefficient (Wildman–Crippen LogP) is -1.07. The van der Waals surface area contributed by atoms with Crippen molar-refractivity contribution in [3.8, 4) is 0 Å². The first-order chi connectivity index (χ1) is 4.63. The maximum atomic E-state index is 8.99. The van der Waals surface area contributed by atoms with Crippen LogP contribution in [0.1, 0.15) is 0 Å². The summed E-state index contributed by atoms with van der Waals surface area (Å²) in [4.78, 5) is 0. The van der Waals surface area contributed by atoms with Crippen LogP contribution >= 0.6 is 25.3 Å². The summed E-state index contributed by atoms with van der Waals surface area (Å²) < 4.78 is 0. The number of hydrogen-bond donors (Lipinski definition) is 5. The largest absolute Gasteiger partial charge is 0.389 e. The van der Waals surface area contributed by atoms with Gasteiger partial charge in [0.25, 0.3) is 0 Å². The number of aliphatic hydroxyl groups is 3. The molecule has 0 amide bonds. The van der Waals surface area contributed by atoms with E-state index in [2.05, 4.69) is 25.3 Å². The van der Waals surface area contributed by atoms with Crippen molar-refractivity contribution in [2.24, 2.45) is 0 Å². The number of hydrogen-bond acceptors (Lipinski definition) is 5. The van der Waals surface area contributed by atoms with Gasteiger partial charge in [-0.25, -0.2) is 0 Å². The van der Waals surface area contributed by atoms with Crippen LogP contribution < -0.4 is 0 Å². The minimum Gasteiger partial charge on any atom is -0.389 e. The Kier molecular flexibility index (Phi) is 5.56. The van der Waals surface area contributed by atoms with Crippen LogP contribution in [0.25, 0.3) is 0 Å². The summed E-state index contributed by atoms with van der Waals surface area (Å²) >= 11 is 7.48. The third kappa shape index (κ3) is 3.12. The third-order valence-corrected chi connectivity index (χ3v) is 1.91. The van der Waals surface area contributed by atoms with Gasteiger partial charge in [-0.2, -0.15) is 25.3 Å². The third-order valence-electron chi connectivity index (χ3n) is 1.16. The first-order valence-corrected chi connectivity index (χ1v) is 4.16. The van der Waals surface area contributed by atoms with Gasteiger partial charge in [0, 0.05) is 11.5 Å². The van der Waals surface area contributed by atoms with Crippen molar-refractivity contribution in [1.82, 2.24) is 0 Å². The summed E-state index contributed by atoms with van der Waals surface area (Å²) in [6.07, 6.45) is -3.11. The molecule has 0 aliphatic rings. The highest BCUT2D eigenvalue weighted by atomic mass is 32.1. The van der Waals surface area contributed by atoms with Crippen molar-refractivity contribution in [1.29, 1.82) is 0 Å². The van der Waals surface area contributed by atoms with Crippen LogP contribution in [0.3, 0.4) is 0 Å². The van der Waals surface area contributed by atoms with Crippen LogP contribution in [-0.2, 0) is 0 Å². The maximum Gasteiger partial charge on any atom is 0.107 e. The highest BCUT2D eigenvalue weighted by Gasteiger charge is 2.21. The molecule has 0 fully saturated rings. The lowest BCUT2D eigenvalue weighted by Crippen LogP contribution is -2.39. The minimum absolute atomic E-state index is 0.131. The first kappa shape index (κ1) is 10.6. The van der Waals surface area contributed by atoms with E-state index >= 15 is 0 Å². The fourth-order valence-electron chi connectivity index (χ4n) is 0.472. The van der Waals surface area contributed by atoms with Crippen molar-refractivity contribution in [2.75, 3.05) is 11.5 Å². The second-order valence-electron chi connectivity index (χ2n) is 1.99. The van der Waals surface area contributed by atoms with E-state index < -0.39 is 18.3 Å². The Bertz CT molecular complexity index is 81.0. The van der Waals surface area contributed by atoms with Crippen molar-refractivity contribution in [3.63, 3.8) is 0 Å². The number of aliphatic hydroxyl groups excluding tert-OH is 3. The maximum absolute atomic E-state index is 8.99.